The van der Waals surface area contributed by atoms with Crippen LogP contribution in [-0.2, 0) is 4.79 Å². The maximum Gasteiger partial charge on any atom is 0.294 e. The minimum absolute atomic E-state index is 0.00951. The van der Waals surface area contributed by atoms with Crippen molar-refractivity contribution in [2.75, 3.05) is 11.9 Å². The van der Waals surface area contributed by atoms with Crippen LogP contribution in [0.25, 0.3) is 0 Å². The van der Waals surface area contributed by atoms with E-state index in [0.717, 1.165) is 18.2 Å². The second-order valence-corrected chi connectivity index (χ2v) is 5.17. The maximum absolute atomic E-state index is 12.9. The Morgan fingerprint density at radius 3 is 2.65 bits per heavy atom. The van der Waals surface area contributed by atoms with Crippen molar-refractivity contribution in [3.8, 4) is 5.75 Å². The van der Waals surface area contributed by atoms with Gasteiger partial charge in [0.2, 0.25) is 0 Å². The number of hydrogen-bond acceptors (Lipinski definition) is 4. The molecule has 120 valence electrons. The highest BCUT2D eigenvalue weighted by molar-refractivity contribution is 6.32. The zero-order chi connectivity index (χ0) is 17.0. The third-order valence-electron chi connectivity index (χ3n) is 2.68. The molecule has 0 atom stereocenters. The minimum atomic E-state index is -0.667. The van der Waals surface area contributed by atoms with E-state index in [1.54, 1.807) is 0 Å². The second kappa shape index (κ2) is 7.26. The summed E-state index contributed by atoms with van der Waals surface area (Å²) in [6, 6.07) is 7.28. The van der Waals surface area contributed by atoms with E-state index in [1.165, 1.54) is 18.2 Å². The van der Waals surface area contributed by atoms with Crippen molar-refractivity contribution in [3.05, 3.63) is 62.4 Å². The molecular weight excluding hydrogens is 350 g/mol. The van der Waals surface area contributed by atoms with Gasteiger partial charge in [-0.1, -0.05) is 23.2 Å². The Hall–Kier alpha value is -2.38. The van der Waals surface area contributed by atoms with E-state index >= 15 is 0 Å². The van der Waals surface area contributed by atoms with Crippen LogP contribution in [-0.4, -0.2) is 17.4 Å². The predicted octanol–water partition coefficient (Wildman–Crippen LogP) is 4.06. The van der Waals surface area contributed by atoms with E-state index < -0.39 is 23.3 Å². The van der Waals surface area contributed by atoms with Gasteiger partial charge < -0.3 is 10.1 Å². The summed E-state index contributed by atoms with van der Waals surface area (Å²) in [6.45, 7) is -0.453. The number of nitrogens with one attached hydrogen (secondary N) is 1. The Labute approximate surface area is 139 Å². The van der Waals surface area contributed by atoms with E-state index in [-0.39, 0.29) is 27.2 Å². The Morgan fingerprint density at radius 2 is 2.00 bits per heavy atom. The summed E-state index contributed by atoms with van der Waals surface area (Å²) in [7, 11) is 0. The van der Waals surface area contributed by atoms with Crippen LogP contribution in [0.15, 0.2) is 36.4 Å². The number of halogens is 3. The average molecular weight is 359 g/mol. The first kappa shape index (κ1) is 17.0. The Kier molecular flexibility index (Phi) is 5.36. The van der Waals surface area contributed by atoms with Crippen molar-refractivity contribution < 1.29 is 18.8 Å². The smallest absolute Gasteiger partial charge is 0.294 e. The Morgan fingerprint density at radius 1 is 1.26 bits per heavy atom. The number of carbonyl (C=O) groups excluding carboxylic acids is 1. The zero-order valence-corrected chi connectivity index (χ0v) is 12.9. The minimum Gasteiger partial charge on any atom is -0.482 e. The van der Waals surface area contributed by atoms with Gasteiger partial charge in [0.15, 0.2) is 6.61 Å². The standard InChI is InChI=1S/C14H9Cl2FN2O4/c15-8-1-3-11(12(5-8)19(21)22)18-14(20)7-23-13-4-2-9(17)6-10(13)16/h1-6H,7H2,(H,18,20). The van der Waals surface area contributed by atoms with E-state index in [1.807, 2.05) is 0 Å². The fourth-order valence-corrected chi connectivity index (χ4v) is 2.07. The van der Waals surface area contributed by atoms with Gasteiger partial charge in [-0.05, 0) is 30.3 Å². The maximum atomic E-state index is 12.9. The number of nitrogens with zero attached hydrogens (tertiary/aromatic N) is 1. The van der Waals surface area contributed by atoms with Gasteiger partial charge in [-0.2, -0.15) is 0 Å². The third kappa shape index (κ3) is 4.54. The van der Waals surface area contributed by atoms with Crippen LogP contribution < -0.4 is 10.1 Å². The van der Waals surface area contributed by atoms with Crippen LogP contribution in [0.2, 0.25) is 10.0 Å². The molecule has 0 bridgehead atoms. The summed E-state index contributed by atoms with van der Waals surface area (Å²) >= 11 is 11.4. The number of anilines is 1. The van der Waals surface area contributed by atoms with Crippen LogP contribution in [0, 0.1) is 15.9 Å². The lowest BCUT2D eigenvalue weighted by atomic mass is 10.2. The molecule has 23 heavy (non-hydrogen) atoms. The van der Waals surface area contributed by atoms with Gasteiger partial charge in [-0.15, -0.1) is 0 Å². The fourth-order valence-electron chi connectivity index (χ4n) is 1.68. The predicted molar refractivity (Wildman–Crippen MR) is 83.6 cm³/mol. The van der Waals surface area contributed by atoms with Crippen molar-refractivity contribution in [2.45, 2.75) is 0 Å². The summed E-state index contributed by atoms with van der Waals surface area (Å²) < 4.78 is 18.0. The SMILES string of the molecule is O=C(COc1ccc(F)cc1Cl)Nc1ccc(Cl)cc1[N+](=O)[O-]. The normalized spacial score (nSPS) is 10.2. The van der Waals surface area contributed by atoms with E-state index in [4.69, 9.17) is 27.9 Å². The molecule has 0 aliphatic heterocycles. The average Bonchev–Trinajstić information content (AvgIpc) is 2.48. The molecule has 2 aromatic rings. The highest BCUT2D eigenvalue weighted by Crippen LogP contribution is 2.28. The molecule has 0 unspecified atom stereocenters. The Bertz CT molecular complexity index is 770. The van der Waals surface area contributed by atoms with E-state index in [0.29, 0.717) is 0 Å². The molecule has 2 rings (SSSR count). The number of benzene rings is 2. The van der Waals surface area contributed by atoms with E-state index in [2.05, 4.69) is 5.32 Å². The fraction of sp³-hybridized carbons (Fsp3) is 0.0714. The molecule has 0 fully saturated rings. The summed E-state index contributed by atoms with van der Waals surface area (Å²) in [6.07, 6.45) is 0. The largest absolute Gasteiger partial charge is 0.482 e. The lowest BCUT2D eigenvalue weighted by Gasteiger charge is -2.09. The van der Waals surface area contributed by atoms with Gasteiger partial charge >= 0.3 is 0 Å². The summed E-state index contributed by atoms with van der Waals surface area (Å²) in [5, 5.41) is 13.4. The molecule has 0 radical (unpaired) electrons. The summed E-state index contributed by atoms with van der Waals surface area (Å²) in [5.41, 5.74) is -0.358. The molecule has 0 spiro atoms. The van der Waals surface area contributed by atoms with Crippen LogP contribution in [0.5, 0.6) is 5.75 Å². The first-order valence-corrected chi connectivity index (χ1v) is 6.94. The number of nitro benzene ring substituents is 1. The van der Waals surface area contributed by atoms with Crippen molar-refractivity contribution >= 4 is 40.5 Å². The van der Waals surface area contributed by atoms with Gasteiger partial charge in [0, 0.05) is 11.1 Å². The lowest BCUT2D eigenvalue weighted by Crippen LogP contribution is -2.20. The molecule has 9 heteroatoms. The van der Waals surface area contributed by atoms with Gasteiger partial charge in [-0.25, -0.2) is 4.39 Å². The molecule has 0 aliphatic rings. The van der Waals surface area contributed by atoms with Crippen LogP contribution in [0.3, 0.4) is 0 Å². The van der Waals surface area contributed by atoms with Gasteiger partial charge in [0.1, 0.15) is 17.3 Å². The quantitative estimate of drug-likeness (QED) is 0.645. The molecule has 6 nitrogen and oxygen atoms in total. The molecule has 0 saturated heterocycles. The zero-order valence-electron chi connectivity index (χ0n) is 11.4. The summed E-state index contributed by atoms with van der Waals surface area (Å²) in [5.74, 6) is -1.06. The van der Waals surface area contributed by atoms with Crippen LogP contribution >= 0.6 is 23.2 Å². The lowest BCUT2D eigenvalue weighted by molar-refractivity contribution is -0.383. The number of hydrogen-bond donors (Lipinski definition) is 1. The molecular formula is C14H9Cl2FN2O4. The van der Waals surface area contributed by atoms with E-state index in [9.17, 15) is 19.3 Å². The number of nitro groups is 1. The third-order valence-corrected chi connectivity index (χ3v) is 3.21. The monoisotopic (exact) mass is 358 g/mol. The van der Waals surface area contributed by atoms with Crippen LogP contribution in [0.1, 0.15) is 0 Å². The first-order chi connectivity index (χ1) is 10.9. The highest BCUT2D eigenvalue weighted by atomic mass is 35.5. The molecule has 2 aromatic carbocycles. The molecule has 1 amide bonds. The van der Waals surface area contributed by atoms with Crippen LogP contribution in [0.4, 0.5) is 15.8 Å². The van der Waals surface area contributed by atoms with Crippen molar-refractivity contribution in [1.82, 2.24) is 0 Å². The number of carbonyl (C=O) groups is 1. The number of ether oxygens (including phenoxy) is 1. The van der Waals surface area contributed by atoms with Gasteiger partial charge in [-0.3, -0.25) is 14.9 Å². The topological polar surface area (TPSA) is 81.5 Å². The van der Waals surface area contributed by atoms with Crippen molar-refractivity contribution in [2.24, 2.45) is 0 Å². The van der Waals surface area contributed by atoms with Gasteiger partial charge in [0.05, 0.1) is 9.95 Å². The molecule has 1 N–H and O–H groups in total. The molecule has 0 heterocycles. The van der Waals surface area contributed by atoms with Crippen molar-refractivity contribution in [1.29, 1.82) is 0 Å². The number of amides is 1. The van der Waals surface area contributed by atoms with Gasteiger partial charge in [0.25, 0.3) is 11.6 Å². The number of rotatable bonds is 5. The van der Waals surface area contributed by atoms with Crippen molar-refractivity contribution in [3.63, 3.8) is 0 Å². The molecule has 0 aliphatic carbocycles. The second-order valence-electron chi connectivity index (χ2n) is 4.33. The molecule has 0 aromatic heterocycles. The first-order valence-electron chi connectivity index (χ1n) is 6.18. The molecule has 0 saturated carbocycles. The Balaban J connectivity index is 2.04. The summed E-state index contributed by atoms with van der Waals surface area (Å²) in [4.78, 5) is 22.1. The highest BCUT2D eigenvalue weighted by Gasteiger charge is 2.17.